The number of hydrogen-bond acceptors (Lipinski definition) is 5. The molecule has 0 saturated carbocycles. The maximum atomic E-state index is 13.7. The zero-order valence-electron chi connectivity index (χ0n) is 17.4. The Kier molecular flexibility index (Phi) is 6.03. The summed E-state index contributed by atoms with van der Waals surface area (Å²) in [7, 11) is 0. The molecule has 0 atom stereocenters. The van der Waals surface area contributed by atoms with Gasteiger partial charge in [0.05, 0.1) is 47.6 Å². The highest BCUT2D eigenvalue weighted by molar-refractivity contribution is 5.96. The fourth-order valence-corrected chi connectivity index (χ4v) is 3.53. The third-order valence-corrected chi connectivity index (χ3v) is 5.09. The lowest BCUT2D eigenvalue weighted by atomic mass is 10.2. The van der Waals surface area contributed by atoms with Gasteiger partial charge in [0.25, 0.3) is 5.91 Å². The Morgan fingerprint density at radius 1 is 1.16 bits per heavy atom. The number of aromatic amines is 1. The van der Waals surface area contributed by atoms with E-state index in [0.717, 1.165) is 22.6 Å². The minimum atomic E-state index is -0.442. The van der Waals surface area contributed by atoms with Gasteiger partial charge in [0.1, 0.15) is 11.6 Å². The lowest BCUT2D eigenvalue weighted by Gasteiger charge is -2.08. The summed E-state index contributed by atoms with van der Waals surface area (Å²) in [6.45, 7) is 5.55. The molecule has 0 radical (unpaired) electrons. The first-order chi connectivity index (χ1) is 15.0. The summed E-state index contributed by atoms with van der Waals surface area (Å²) in [5.41, 5.74) is 4.07. The molecule has 0 aliphatic carbocycles. The number of carbonyl (C=O) groups is 1. The fraction of sp³-hybridized carbons (Fsp3) is 0.273. The van der Waals surface area contributed by atoms with Gasteiger partial charge >= 0.3 is 0 Å². The molecule has 4 rings (SSSR count). The highest BCUT2D eigenvalue weighted by atomic mass is 19.1. The molecule has 4 aromatic rings. The first kappa shape index (κ1) is 20.7. The summed E-state index contributed by atoms with van der Waals surface area (Å²) in [4.78, 5) is 24.4. The topological polar surface area (TPSA) is 101 Å². The SMILES string of the molecule is Cc1nn(CCNCc2nc3ccccc3[nH]2)c(C)c1C(=O)NCc1ncccc1F. The number of benzene rings is 1. The van der Waals surface area contributed by atoms with Crippen molar-refractivity contribution in [2.24, 2.45) is 0 Å². The van der Waals surface area contributed by atoms with Crippen LogP contribution in [0.4, 0.5) is 4.39 Å². The van der Waals surface area contributed by atoms with Gasteiger partial charge in [-0.2, -0.15) is 5.10 Å². The molecule has 1 aromatic carbocycles. The maximum Gasteiger partial charge on any atom is 0.255 e. The van der Waals surface area contributed by atoms with Crippen molar-refractivity contribution in [2.45, 2.75) is 33.5 Å². The van der Waals surface area contributed by atoms with E-state index in [2.05, 4.69) is 30.7 Å². The van der Waals surface area contributed by atoms with E-state index in [4.69, 9.17) is 0 Å². The normalized spacial score (nSPS) is 11.2. The second kappa shape index (κ2) is 9.05. The number of H-pyrrole nitrogens is 1. The van der Waals surface area contributed by atoms with Crippen molar-refractivity contribution in [3.05, 3.63) is 76.9 Å². The number of aromatic nitrogens is 5. The van der Waals surface area contributed by atoms with Crippen molar-refractivity contribution in [2.75, 3.05) is 6.54 Å². The average molecular weight is 421 g/mol. The highest BCUT2D eigenvalue weighted by Crippen LogP contribution is 2.14. The van der Waals surface area contributed by atoms with Gasteiger partial charge in [-0.15, -0.1) is 0 Å². The molecule has 0 spiro atoms. The van der Waals surface area contributed by atoms with E-state index in [0.29, 0.717) is 30.9 Å². The average Bonchev–Trinajstić information content (AvgIpc) is 3.30. The van der Waals surface area contributed by atoms with E-state index in [-0.39, 0.29) is 18.1 Å². The van der Waals surface area contributed by atoms with Crippen molar-refractivity contribution in [3.63, 3.8) is 0 Å². The third-order valence-electron chi connectivity index (χ3n) is 5.09. The Balaban J connectivity index is 1.32. The number of aryl methyl sites for hydroxylation is 1. The Morgan fingerprint density at radius 3 is 2.81 bits per heavy atom. The number of hydrogen-bond donors (Lipinski definition) is 3. The lowest BCUT2D eigenvalue weighted by molar-refractivity contribution is 0.0948. The van der Waals surface area contributed by atoms with E-state index in [1.54, 1.807) is 11.6 Å². The molecule has 31 heavy (non-hydrogen) atoms. The molecule has 3 N–H and O–H groups in total. The monoisotopic (exact) mass is 421 g/mol. The number of para-hydroxylation sites is 2. The van der Waals surface area contributed by atoms with Gasteiger partial charge in [-0.05, 0) is 38.1 Å². The summed E-state index contributed by atoms with van der Waals surface area (Å²) in [5.74, 6) is 0.139. The molecule has 0 aliphatic heterocycles. The zero-order valence-corrected chi connectivity index (χ0v) is 17.4. The number of pyridine rings is 1. The van der Waals surface area contributed by atoms with Gasteiger partial charge in [-0.25, -0.2) is 9.37 Å². The predicted octanol–water partition coefficient (Wildman–Crippen LogP) is 2.63. The lowest BCUT2D eigenvalue weighted by Crippen LogP contribution is -2.25. The zero-order chi connectivity index (χ0) is 21.8. The van der Waals surface area contributed by atoms with Crippen molar-refractivity contribution >= 4 is 16.9 Å². The molecule has 160 valence electrons. The van der Waals surface area contributed by atoms with E-state index < -0.39 is 5.82 Å². The Hall–Kier alpha value is -3.59. The molecule has 8 nitrogen and oxygen atoms in total. The van der Waals surface area contributed by atoms with Gasteiger partial charge < -0.3 is 15.6 Å². The quantitative estimate of drug-likeness (QED) is 0.380. The summed E-state index contributed by atoms with van der Waals surface area (Å²) in [6, 6.07) is 10.7. The van der Waals surface area contributed by atoms with E-state index in [1.807, 2.05) is 31.2 Å². The van der Waals surface area contributed by atoms with E-state index in [9.17, 15) is 9.18 Å². The number of nitrogens with one attached hydrogen (secondary N) is 3. The summed E-state index contributed by atoms with van der Waals surface area (Å²) in [6.07, 6.45) is 1.50. The molecule has 0 bridgehead atoms. The van der Waals surface area contributed by atoms with Gasteiger partial charge in [-0.3, -0.25) is 14.5 Å². The summed E-state index contributed by atoms with van der Waals surface area (Å²) >= 11 is 0. The molecule has 0 saturated heterocycles. The van der Waals surface area contributed by atoms with Crippen molar-refractivity contribution in [1.82, 2.24) is 35.4 Å². The van der Waals surface area contributed by atoms with Crippen LogP contribution >= 0.6 is 0 Å². The van der Waals surface area contributed by atoms with Crippen LogP contribution in [0.2, 0.25) is 0 Å². The van der Waals surface area contributed by atoms with Crippen molar-refractivity contribution < 1.29 is 9.18 Å². The molecule has 1 amide bonds. The second-order valence-corrected chi connectivity index (χ2v) is 7.26. The second-order valence-electron chi connectivity index (χ2n) is 7.26. The van der Waals surface area contributed by atoms with Crippen LogP contribution in [0.15, 0.2) is 42.6 Å². The van der Waals surface area contributed by atoms with Crippen LogP contribution < -0.4 is 10.6 Å². The van der Waals surface area contributed by atoms with Gasteiger partial charge in [0.15, 0.2) is 0 Å². The molecule has 0 unspecified atom stereocenters. The first-order valence-corrected chi connectivity index (χ1v) is 10.1. The summed E-state index contributed by atoms with van der Waals surface area (Å²) < 4.78 is 15.5. The number of fused-ring (bicyclic) bond motifs is 1. The Bertz CT molecular complexity index is 1180. The van der Waals surface area contributed by atoms with Crippen LogP contribution in [-0.2, 0) is 19.6 Å². The van der Waals surface area contributed by atoms with Crippen LogP contribution in [-0.4, -0.2) is 37.2 Å². The van der Waals surface area contributed by atoms with Gasteiger partial charge in [0, 0.05) is 18.4 Å². The Morgan fingerprint density at radius 2 is 2.00 bits per heavy atom. The number of halogens is 1. The number of carbonyl (C=O) groups excluding carboxylic acids is 1. The molecule has 3 aromatic heterocycles. The van der Waals surface area contributed by atoms with Gasteiger partial charge in [-0.1, -0.05) is 12.1 Å². The number of imidazole rings is 1. The molecule has 9 heteroatoms. The minimum absolute atomic E-state index is 0.0224. The number of rotatable bonds is 8. The van der Waals surface area contributed by atoms with Crippen molar-refractivity contribution in [1.29, 1.82) is 0 Å². The van der Waals surface area contributed by atoms with Crippen LogP contribution in [0.3, 0.4) is 0 Å². The number of nitrogens with zero attached hydrogens (tertiary/aromatic N) is 4. The minimum Gasteiger partial charge on any atom is -0.346 e. The number of amides is 1. The smallest absolute Gasteiger partial charge is 0.255 e. The Labute approximate surface area is 178 Å². The van der Waals surface area contributed by atoms with E-state index >= 15 is 0 Å². The molecule has 3 heterocycles. The first-order valence-electron chi connectivity index (χ1n) is 10.1. The molecular formula is C22H24FN7O. The van der Waals surface area contributed by atoms with Gasteiger partial charge in [0.2, 0.25) is 0 Å². The largest absolute Gasteiger partial charge is 0.346 e. The predicted molar refractivity (Wildman–Crippen MR) is 115 cm³/mol. The maximum absolute atomic E-state index is 13.7. The van der Waals surface area contributed by atoms with Crippen molar-refractivity contribution in [3.8, 4) is 0 Å². The fourth-order valence-electron chi connectivity index (χ4n) is 3.53. The summed E-state index contributed by atoms with van der Waals surface area (Å²) in [5, 5.41) is 10.6. The molecular weight excluding hydrogens is 397 g/mol. The van der Waals surface area contributed by atoms with Crippen LogP contribution in [0.5, 0.6) is 0 Å². The van der Waals surface area contributed by atoms with Crippen LogP contribution in [0.25, 0.3) is 11.0 Å². The van der Waals surface area contributed by atoms with Crippen LogP contribution in [0, 0.1) is 19.7 Å². The third kappa shape index (κ3) is 4.61. The van der Waals surface area contributed by atoms with E-state index in [1.165, 1.54) is 18.3 Å². The highest BCUT2D eigenvalue weighted by Gasteiger charge is 2.19. The molecule has 0 fully saturated rings. The van der Waals surface area contributed by atoms with Crippen LogP contribution in [0.1, 0.15) is 33.3 Å². The standard InChI is InChI=1S/C22H24FN7O/c1-14-21(22(31)26-12-19-16(23)6-5-9-25-19)15(2)30(29-14)11-10-24-13-20-27-17-7-3-4-8-18(17)28-20/h3-9,24H,10-13H2,1-2H3,(H,26,31)(H,27,28). The molecule has 0 aliphatic rings.